The van der Waals surface area contributed by atoms with Gasteiger partial charge in [0.2, 0.25) is 0 Å². The van der Waals surface area contributed by atoms with Gasteiger partial charge >= 0.3 is 0 Å². The van der Waals surface area contributed by atoms with E-state index < -0.39 is 0 Å². The van der Waals surface area contributed by atoms with E-state index in [1.165, 1.54) is 12.1 Å². The van der Waals surface area contributed by atoms with Crippen LogP contribution in [0.15, 0.2) is 18.2 Å². The Morgan fingerprint density at radius 2 is 2.00 bits per heavy atom. The molecule has 0 radical (unpaired) electrons. The van der Waals surface area contributed by atoms with Gasteiger partial charge in [-0.15, -0.1) is 11.6 Å². The third kappa shape index (κ3) is 5.93. The molecule has 1 aromatic carbocycles. The molecule has 1 nitrogen and oxygen atoms in total. The predicted molar refractivity (Wildman–Crippen MR) is 73.6 cm³/mol. The maximum Gasteiger partial charge on any atom is 0.128 e. The van der Waals surface area contributed by atoms with Crippen LogP contribution in [0.25, 0.3) is 0 Å². The largest absolute Gasteiger partial charge is 0.493 e. The standard InChI is InChI=1S/C15H18ClFO/c1-15(2,3)6-8-18-14-10-12(5-4-7-16)9-13(17)11-14/h9-11H,6-8H2,1-3H3. The van der Waals surface area contributed by atoms with E-state index in [1.54, 1.807) is 6.07 Å². The summed E-state index contributed by atoms with van der Waals surface area (Å²) in [6.45, 7) is 6.98. The zero-order valence-corrected chi connectivity index (χ0v) is 11.8. The van der Waals surface area contributed by atoms with Gasteiger partial charge in [-0.25, -0.2) is 4.39 Å². The minimum absolute atomic E-state index is 0.203. The Kier molecular flexibility index (Phi) is 5.50. The molecule has 0 bridgehead atoms. The highest BCUT2D eigenvalue weighted by Gasteiger charge is 2.10. The van der Waals surface area contributed by atoms with E-state index in [1.807, 2.05) is 0 Å². The molecule has 18 heavy (non-hydrogen) atoms. The summed E-state index contributed by atoms with van der Waals surface area (Å²) in [6, 6.07) is 4.47. The Balaban J connectivity index is 2.68. The van der Waals surface area contributed by atoms with Gasteiger partial charge in [-0.2, -0.15) is 0 Å². The van der Waals surface area contributed by atoms with Gasteiger partial charge in [0, 0.05) is 11.6 Å². The third-order valence-electron chi connectivity index (χ3n) is 2.29. The van der Waals surface area contributed by atoms with Crippen molar-refractivity contribution in [3.05, 3.63) is 29.6 Å². The van der Waals surface area contributed by atoms with Crippen molar-refractivity contribution < 1.29 is 9.13 Å². The van der Waals surface area contributed by atoms with Crippen LogP contribution >= 0.6 is 11.6 Å². The quantitative estimate of drug-likeness (QED) is 0.589. The first-order chi connectivity index (χ1) is 8.40. The number of hydrogen-bond donors (Lipinski definition) is 0. The number of ether oxygens (including phenoxy) is 1. The van der Waals surface area contributed by atoms with Gasteiger partial charge < -0.3 is 4.74 Å². The topological polar surface area (TPSA) is 9.23 Å². The zero-order valence-electron chi connectivity index (χ0n) is 11.0. The molecular weight excluding hydrogens is 251 g/mol. The molecule has 0 saturated carbocycles. The van der Waals surface area contributed by atoms with Gasteiger partial charge in [-0.05, 0) is 24.0 Å². The van der Waals surface area contributed by atoms with Gasteiger partial charge in [-0.1, -0.05) is 32.6 Å². The molecule has 0 aromatic heterocycles. The first-order valence-electron chi connectivity index (χ1n) is 5.89. The second kappa shape index (κ2) is 6.66. The van der Waals surface area contributed by atoms with Crippen LogP contribution in [0.4, 0.5) is 4.39 Å². The molecule has 0 aliphatic heterocycles. The maximum absolute atomic E-state index is 13.3. The lowest BCUT2D eigenvalue weighted by Gasteiger charge is -2.18. The zero-order chi connectivity index (χ0) is 13.6. The molecule has 0 unspecified atom stereocenters. The molecule has 0 aliphatic carbocycles. The summed E-state index contributed by atoms with van der Waals surface area (Å²) in [5.74, 6) is 5.87. The van der Waals surface area contributed by atoms with Crippen LogP contribution in [0.3, 0.4) is 0 Å². The highest BCUT2D eigenvalue weighted by molar-refractivity contribution is 6.19. The highest BCUT2D eigenvalue weighted by Crippen LogP contribution is 2.21. The first-order valence-corrected chi connectivity index (χ1v) is 6.42. The second-order valence-electron chi connectivity index (χ2n) is 5.27. The average molecular weight is 269 g/mol. The van der Waals surface area contributed by atoms with E-state index in [-0.39, 0.29) is 17.1 Å². The molecule has 1 rings (SSSR count). The summed E-state index contributed by atoms with van der Waals surface area (Å²) in [5, 5.41) is 0. The number of alkyl halides is 1. The summed E-state index contributed by atoms with van der Waals surface area (Å²) in [4.78, 5) is 0. The molecule has 0 N–H and O–H groups in total. The Hall–Kier alpha value is -1.20. The third-order valence-corrected chi connectivity index (χ3v) is 2.43. The van der Waals surface area contributed by atoms with E-state index >= 15 is 0 Å². The van der Waals surface area contributed by atoms with Gasteiger partial charge in [-0.3, -0.25) is 0 Å². The van der Waals surface area contributed by atoms with Crippen LogP contribution in [0.1, 0.15) is 32.8 Å². The van der Waals surface area contributed by atoms with Crippen molar-refractivity contribution in [2.75, 3.05) is 12.5 Å². The molecule has 0 amide bonds. The van der Waals surface area contributed by atoms with Gasteiger partial charge in [0.25, 0.3) is 0 Å². The Bertz CT molecular complexity index is 452. The van der Waals surface area contributed by atoms with E-state index in [0.29, 0.717) is 17.9 Å². The SMILES string of the molecule is CC(C)(C)CCOc1cc(F)cc(C#CCCl)c1. The summed E-state index contributed by atoms with van der Waals surface area (Å²) in [5.41, 5.74) is 0.788. The molecular formula is C15H18ClFO. The molecule has 0 aliphatic rings. The number of halogens is 2. The molecule has 0 heterocycles. The summed E-state index contributed by atoms with van der Waals surface area (Å²) >= 11 is 5.47. The average Bonchev–Trinajstić information content (AvgIpc) is 2.24. The van der Waals surface area contributed by atoms with Crippen molar-refractivity contribution in [1.29, 1.82) is 0 Å². The Labute approximate surface area is 113 Å². The summed E-state index contributed by atoms with van der Waals surface area (Å²) < 4.78 is 18.9. The minimum Gasteiger partial charge on any atom is -0.493 e. The normalized spacial score (nSPS) is 10.7. The van der Waals surface area contributed by atoms with Crippen LogP contribution in [0.2, 0.25) is 0 Å². The fourth-order valence-corrected chi connectivity index (χ4v) is 1.40. The van der Waals surface area contributed by atoms with E-state index in [9.17, 15) is 4.39 Å². The Morgan fingerprint density at radius 3 is 2.61 bits per heavy atom. The van der Waals surface area contributed by atoms with Crippen molar-refractivity contribution in [2.45, 2.75) is 27.2 Å². The highest BCUT2D eigenvalue weighted by atomic mass is 35.5. The molecule has 0 saturated heterocycles. The minimum atomic E-state index is -0.345. The number of benzene rings is 1. The number of hydrogen-bond acceptors (Lipinski definition) is 1. The van der Waals surface area contributed by atoms with E-state index in [4.69, 9.17) is 16.3 Å². The van der Waals surface area contributed by atoms with Crippen LogP contribution in [0, 0.1) is 23.1 Å². The fourth-order valence-electron chi connectivity index (χ4n) is 1.33. The van der Waals surface area contributed by atoms with Gasteiger partial charge in [0.15, 0.2) is 0 Å². The molecule has 3 heteroatoms. The van der Waals surface area contributed by atoms with Crippen LogP contribution in [-0.2, 0) is 0 Å². The second-order valence-corrected chi connectivity index (χ2v) is 5.54. The van der Waals surface area contributed by atoms with Crippen molar-refractivity contribution >= 4 is 11.6 Å². The van der Waals surface area contributed by atoms with Crippen molar-refractivity contribution in [3.63, 3.8) is 0 Å². The molecule has 98 valence electrons. The maximum atomic E-state index is 13.3. The lowest BCUT2D eigenvalue weighted by atomic mass is 9.93. The van der Waals surface area contributed by atoms with E-state index in [0.717, 1.165) is 6.42 Å². The van der Waals surface area contributed by atoms with Crippen molar-refractivity contribution in [3.8, 4) is 17.6 Å². The predicted octanol–water partition coefficient (Wildman–Crippen LogP) is 4.23. The number of rotatable bonds is 3. The molecule has 0 fully saturated rings. The smallest absolute Gasteiger partial charge is 0.128 e. The molecule has 0 spiro atoms. The summed E-state index contributed by atoms with van der Waals surface area (Å²) in [7, 11) is 0. The molecule has 1 aromatic rings. The van der Waals surface area contributed by atoms with Crippen molar-refractivity contribution in [1.82, 2.24) is 0 Å². The van der Waals surface area contributed by atoms with Crippen LogP contribution in [-0.4, -0.2) is 12.5 Å². The lowest BCUT2D eigenvalue weighted by Crippen LogP contribution is -2.11. The summed E-state index contributed by atoms with van der Waals surface area (Å²) in [6.07, 6.45) is 0.909. The Morgan fingerprint density at radius 1 is 1.28 bits per heavy atom. The first kappa shape index (κ1) is 14.9. The fraction of sp³-hybridized carbons (Fsp3) is 0.467. The van der Waals surface area contributed by atoms with Gasteiger partial charge in [0.1, 0.15) is 11.6 Å². The van der Waals surface area contributed by atoms with Crippen LogP contribution < -0.4 is 4.74 Å². The van der Waals surface area contributed by atoms with Gasteiger partial charge in [0.05, 0.1) is 12.5 Å². The molecule has 0 atom stereocenters. The van der Waals surface area contributed by atoms with Crippen LogP contribution in [0.5, 0.6) is 5.75 Å². The van der Waals surface area contributed by atoms with Crippen molar-refractivity contribution in [2.24, 2.45) is 5.41 Å². The monoisotopic (exact) mass is 268 g/mol. The van der Waals surface area contributed by atoms with E-state index in [2.05, 4.69) is 32.6 Å². The lowest BCUT2D eigenvalue weighted by molar-refractivity contribution is 0.242.